The van der Waals surface area contributed by atoms with E-state index in [4.69, 9.17) is 23.2 Å². The van der Waals surface area contributed by atoms with Crippen molar-refractivity contribution in [3.05, 3.63) is 93.5 Å². The van der Waals surface area contributed by atoms with Crippen LogP contribution in [0, 0.1) is 13.8 Å². The first-order chi connectivity index (χ1) is 20.5. The van der Waals surface area contributed by atoms with Gasteiger partial charge in [0.2, 0.25) is 11.8 Å². The quantitative estimate of drug-likeness (QED) is 0.242. The topological polar surface area (TPSA) is 86.8 Å². The Morgan fingerprint density at radius 1 is 0.907 bits per heavy atom. The third-order valence-corrected chi connectivity index (χ3v) is 10.3. The van der Waals surface area contributed by atoms with Gasteiger partial charge in [-0.15, -0.1) is 0 Å². The molecule has 2 amide bonds. The summed E-state index contributed by atoms with van der Waals surface area (Å²) in [4.78, 5) is 29.5. The fraction of sp³-hybridized carbons (Fsp3) is 0.394. The van der Waals surface area contributed by atoms with Crippen molar-refractivity contribution in [3.8, 4) is 0 Å². The minimum Gasteiger partial charge on any atom is -0.352 e. The molecule has 0 bridgehead atoms. The van der Waals surface area contributed by atoms with Gasteiger partial charge >= 0.3 is 0 Å². The Labute approximate surface area is 265 Å². The maximum absolute atomic E-state index is 14.3. The number of rotatable bonds is 11. The third kappa shape index (κ3) is 8.31. The van der Waals surface area contributed by atoms with Crippen molar-refractivity contribution in [2.75, 3.05) is 10.8 Å². The molecule has 0 aromatic heterocycles. The first-order valence-electron chi connectivity index (χ1n) is 14.7. The van der Waals surface area contributed by atoms with Gasteiger partial charge in [-0.1, -0.05) is 90.8 Å². The maximum atomic E-state index is 14.3. The molecule has 1 N–H and O–H groups in total. The number of sulfonamides is 1. The highest BCUT2D eigenvalue weighted by Crippen LogP contribution is 2.28. The lowest BCUT2D eigenvalue weighted by molar-refractivity contribution is -0.140. The van der Waals surface area contributed by atoms with Gasteiger partial charge in [0.1, 0.15) is 12.6 Å². The first kappa shape index (κ1) is 32.8. The van der Waals surface area contributed by atoms with Gasteiger partial charge in [-0.2, -0.15) is 0 Å². The fourth-order valence-corrected chi connectivity index (χ4v) is 7.26. The summed E-state index contributed by atoms with van der Waals surface area (Å²) in [5.74, 6) is -0.774. The summed E-state index contributed by atoms with van der Waals surface area (Å²) < 4.78 is 29.1. The van der Waals surface area contributed by atoms with Crippen LogP contribution in [-0.2, 0) is 26.2 Å². The fourth-order valence-electron chi connectivity index (χ4n) is 5.37. The lowest BCUT2D eigenvalue weighted by atomic mass is 9.95. The van der Waals surface area contributed by atoms with E-state index in [9.17, 15) is 18.0 Å². The minimum atomic E-state index is -4.13. The molecular weight excluding hydrogens is 605 g/mol. The molecule has 1 atom stereocenters. The largest absolute Gasteiger partial charge is 0.352 e. The van der Waals surface area contributed by atoms with E-state index >= 15 is 0 Å². The van der Waals surface area contributed by atoms with Crippen LogP contribution in [0.3, 0.4) is 0 Å². The first-order valence-corrected chi connectivity index (χ1v) is 16.9. The van der Waals surface area contributed by atoms with Crippen molar-refractivity contribution in [2.45, 2.75) is 82.8 Å². The Morgan fingerprint density at radius 2 is 1.51 bits per heavy atom. The van der Waals surface area contributed by atoms with E-state index in [2.05, 4.69) is 5.32 Å². The van der Waals surface area contributed by atoms with Crippen LogP contribution >= 0.6 is 23.2 Å². The average Bonchev–Trinajstić information content (AvgIpc) is 2.98. The van der Waals surface area contributed by atoms with Crippen LogP contribution in [0.1, 0.15) is 62.1 Å². The van der Waals surface area contributed by atoms with Crippen molar-refractivity contribution in [1.82, 2.24) is 10.2 Å². The Kier molecular flexibility index (Phi) is 11.2. The predicted molar refractivity (Wildman–Crippen MR) is 173 cm³/mol. The third-order valence-electron chi connectivity index (χ3n) is 7.90. The summed E-state index contributed by atoms with van der Waals surface area (Å²) >= 11 is 12.6. The van der Waals surface area contributed by atoms with Crippen LogP contribution in [0.4, 0.5) is 5.69 Å². The van der Waals surface area contributed by atoms with Crippen molar-refractivity contribution >= 4 is 50.7 Å². The van der Waals surface area contributed by atoms with Gasteiger partial charge in [0.05, 0.1) is 10.6 Å². The molecule has 1 saturated carbocycles. The van der Waals surface area contributed by atoms with Gasteiger partial charge in [0.15, 0.2) is 0 Å². The number of hydrogen-bond acceptors (Lipinski definition) is 4. The van der Waals surface area contributed by atoms with Gasteiger partial charge in [-0.25, -0.2) is 8.42 Å². The van der Waals surface area contributed by atoms with Gasteiger partial charge in [0.25, 0.3) is 10.0 Å². The highest BCUT2D eigenvalue weighted by molar-refractivity contribution is 7.92. The molecule has 0 saturated heterocycles. The molecule has 4 rings (SSSR count). The van der Waals surface area contributed by atoms with E-state index in [0.717, 1.165) is 47.5 Å². The van der Waals surface area contributed by atoms with Crippen LogP contribution < -0.4 is 9.62 Å². The summed E-state index contributed by atoms with van der Waals surface area (Å²) in [5.41, 5.74) is 2.82. The number of nitrogens with one attached hydrogen (secondary N) is 1. The lowest BCUT2D eigenvalue weighted by Crippen LogP contribution is -2.54. The number of carbonyl (C=O) groups excluding carboxylic acids is 2. The lowest BCUT2D eigenvalue weighted by Gasteiger charge is -2.34. The van der Waals surface area contributed by atoms with Crippen molar-refractivity contribution in [1.29, 1.82) is 0 Å². The molecular formula is C33H39Cl2N3O4S. The van der Waals surface area contributed by atoms with E-state index in [1.807, 2.05) is 20.8 Å². The molecule has 1 aliphatic carbocycles. The second-order valence-electron chi connectivity index (χ2n) is 11.2. The highest BCUT2D eigenvalue weighted by atomic mass is 35.5. The zero-order valence-electron chi connectivity index (χ0n) is 24.9. The van der Waals surface area contributed by atoms with Gasteiger partial charge in [-0.3, -0.25) is 13.9 Å². The Morgan fingerprint density at radius 3 is 2.09 bits per heavy atom. The zero-order valence-corrected chi connectivity index (χ0v) is 27.2. The zero-order chi connectivity index (χ0) is 31.1. The van der Waals surface area contributed by atoms with Crippen LogP contribution in [0.15, 0.2) is 71.6 Å². The normalized spacial score (nSPS) is 14.6. The number of amides is 2. The smallest absolute Gasteiger partial charge is 0.264 e. The number of halogens is 2. The Hall–Kier alpha value is -3.07. The van der Waals surface area contributed by atoms with Gasteiger partial charge in [0, 0.05) is 22.6 Å². The molecule has 1 aliphatic rings. The summed E-state index contributed by atoms with van der Waals surface area (Å²) in [6.07, 6.45) is 5.38. The molecule has 0 aliphatic heterocycles. The van der Waals surface area contributed by atoms with E-state index in [-0.39, 0.29) is 23.4 Å². The predicted octanol–water partition coefficient (Wildman–Crippen LogP) is 7.06. The monoisotopic (exact) mass is 643 g/mol. The second kappa shape index (κ2) is 14.6. The van der Waals surface area contributed by atoms with E-state index in [1.165, 1.54) is 17.0 Å². The molecule has 0 unspecified atom stereocenters. The van der Waals surface area contributed by atoms with Crippen LogP contribution in [0.2, 0.25) is 10.0 Å². The summed E-state index contributed by atoms with van der Waals surface area (Å²) in [5, 5.41) is 3.95. The average molecular weight is 645 g/mol. The maximum Gasteiger partial charge on any atom is 0.264 e. The van der Waals surface area contributed by atoms with Gasteiger partial charge < -0.3 is 10.2 Å². The summed E-state index contributed by atoms with van der Waals surface area (Å²) in [6.45, 7) is 5.13. The van der Waals surface area contributed by atoms with E-state index in [0.29, 0.717) is 27.7 Å². The van der Waals surface area contributed by atoms with Crippen LogP contribution in [0.5, 0.6) is 0 Å². The number of nitrogens with zero attached hydrogens (tertiary/aromatic N) is 2. The number of carbonyl (C=O) groups is 2. The van der Waals surface area contributed by atoms with Gasteiger partial charge in [-0.05, 0) is 75.1 Å². The standard InChI is InChI=1S/C33H39Cl2N3O4S/c1-4-31(33(40)36-27-8-6-5-7-9-27)37(21-25-14-15-26(34)20-30(25)35)32(39)22-38(28-16-10-23(2)11-17-28)43(41,42)29-18-12-24(3)13-19-29/h10-20,27,31H,4-9,21-22H2,1-3H3,(H,36,40)/t31-/m0/s1. The van der Waals surface area contributed by atoms with Crippen molar-refractivity contribution in [2.24, 2.45) is 0 Å². The Balaban J connectivity index is 1.72. The van der Waals surface area contributed by atoms with Crippen molar-refractivity contribution in [3.63, 3.8) is 0 Å². The van der Waals surface area contributed by atoms with Crippen molar-refractivity contribution < 1.29 is 18.0 Å². The molecule has 3 aromatic carbocycles. The number of benzene rings is 3. The van der Waals surface area contributed by atoms with Crippen LogP contribution in [-0.4, -0.2) is 43.8 Å². The highest BCUT2D eigenvalue weighted by Gasteiger charge is 2.34. The number of hydrogen-bond donors (Lipinski definition) is 1. The van der Waals surface area contributed by atoms with Crippen LogP contribution in [0.25, 0.3) is 0 Å². The molecule has 0 heterocycles. The van der Waals surface area contributed by atoms with E-state index in [1.54, 1.807) is 54.6 Å². The molecule has 10 heteroatoms. The van der Waals surface area contributed by atoms with E-state index < -0.39 is 28.5 Å². The second-order valence-corrected chi connectivity index (χ2v) is 13.9. The Bertz CT molecular complexity index is 1520. The molecule has 1 fully saturated rings. The molecule has 43 heavy (non-hydrogen) atoms. The molecule has 230 valence electrons. The molecule has 0 spiro atoms. The molecule has 0 radical (unpaired) electrons. The molecule has 7 nitrogen and oxygen atoms in total. The minimum absolute atomic E-state index is 0.0117. The number of aryl methyl sites for hydroxylation is 2. The summed E-state index contributed by atoms with van der Waals surface area (Å²) in [7, 11) is -4.13. The SMILES string of the molecule is CC[C@@H](C(=O)NC1CCCCC1)N(Cc1ccc(Cl)cc1Cl)C(=O)CN(c1ccc(C)cc1)S(=O)(=O)c1ccc(C)cc1. The summed E-state index contributed by atoms with van der Waals surface area (Å²) in [6, 6.07) is 17.7. The molecule has 3 aromatic rings. The number of anilines is 1.